The van der Waals surface area contributed by atoms with E-state index < -0.39 is 0 Å². The first-order chi connectivity index (χ1) is 7.88. The zero-order valence-corrected chi connectivity index (χ0v) is 11.0. The van der Waals surface area contributed by atoms with Gasteiger partial charge in [0.1, 0.15) is 0 Å². The molecule has 90 valence electrons. The molecular weight excluding hydrogens is 232 g/mol. The molecule has 1 aromatic carbocycles. The second kappa shape index (κ2) is 4.00. The highest BCUT2D eigenvalue weighted by atomic mass is 32.1. The monoisotopic (exact) mass is 248 g/mol. The molecule has 0 bridgehead atoms. The molecule has 0 fully saturated rings. The predicted octanol–water partition coefficient (Wildman–Crippen LogP) is 2.81. The standard InChI is InChI=1S/C12H16N4S/c1-12(2,3)8-4-6-9(7-5-8)16-14-10(13)11(17)15-16/h4-7H,1-3H3,(H2,13,14)(H,15,17). The van der Waals surface area contributed by atoms with Crippen LogP contribution in [0.25, 0.3) is 5.69 Å². The van der Waals surface area contributed by atoms with Gasteiger partial charge in [0.05, 0.1) is 5.69 Å². The first-order valence-corrected chi connectivity index (χ1v) is 5.84. The van der Waals surface area contributed by atoms with Gasteiger partial charge in [0.25, 0.3) is 0 Å². The van der Waals surface area contributed by atoms with Crippen LogP contribution >= 0.6 is 12.2 Å². The number of aromatic amines is 1. The maximum absolute atomic E-state index is 5.61. The molecule has 0 aliphatic rings. The van der Waals surface area contributed by atoms with Gasteiger partial charge in [-0.25, -0.2) is 0 Å². The highest BCUT2D eigenvalue weighted by molar-refractivity contribution is 7.71. The summed E-state index contributed by atoms with van der Waals surface area (Å²) in [7, 11) is 0. The van der Waals surface area contributed by atoms with Gasteiger partial charge in [-0.3, -0.25) is 5.10 Å². The van der Waals surface area contributed by atoms with Gasteiger partial charge in [-0.2, -0.15) is 4.80 Å². The number of H-pyrrole nitrogens is 1. The minimum atomic E-state index is 0.147. The topological polar surface area (TPSA) is 59.6 Å². The van der Waals surface area contributed by atoms with Crippen molar-refractivity contribution in [2.45, 2.75) is 26.2 Å². The number of nitrogens with two attached hydrogens (primary N) is 1. The van der Waals surface area contributed by atoms with Gasteiger partial charge in [0.15, 0.2) is 10.5 Å². The van der Waals surface area contributed by atoms with Gasteiger partial charge in [0.2, 0.25) is 0 Å². The number of rotatable bonds is 1. The Bertz CT molecular complexity index is 572. The molecule has 0 unspecified atom stereocenters. The lowest BCUT2D eigenvalue weighted by Gasteiger charge is -2.18. The zero-order chi connectivity index (χ0) is 12.6. The molecule has 1 aromatic heterocycles. The van der Waals surface area contributed by atoms with Gasteiger partial charge in [-0.05, 0) is 23.1 Å². The summed E-state index contributed by atoms with van der Waals surface area (Å²) in [6, 6.07) is 8.17. The Kier molecular flexibility index (Phi) is 2.79. The Morgan fingerprint density at radius 1 is 1.24 bits per heavy atom. The maximum atomic E-state index is 5.61. The average molecular weight is 248 g/mol. The molecule has 0 aliphatic carbocycles. The molecule has 0 saturated carbocycles. The van der Waals surface area contributed by atoms with Crippen molar-refractivity contribution < 1.29 is 0 Å². The number of aromatic nitrogens is 3. The van der Waals surface area contributed by atoms with Crippen molar-refractivity contribution in [3.8, 4) is 5.69 Å². The zero-order valence-electron chi connectivity index (χ0n) is 10.2. The summed E-state index contributed by atoms with van der Waals surface area (Å²) in [6.07, 6.45) is 0. The van der Waals surface area contributed by atoms with Gasteiger partial charge >= 0.3 is 0 Å². The minimum Gasteiger partial charge on any atom is -0.380 e. The van der Waals surface area contributed by atoms with E-state index in [1.807, 2.05) is 12.1 Å². The van der Waals surface area contributed by atoms with Crippen LogP contribution in [0.4, 0.5) is 5.82 Å². The van der Waals surface area contributed by atoms with Crippen LogP contribution in [0.5, 0.6) is 0 Å². The number of hydrogen-bond acceptors (Lipinski definition) is 3. The third-order valence-corrected chi connectivity index (χ3v) is 2.93. The van der Waals surface area contributed by atoms with E-state index in [1.165, 1.54) is 5.56 Å². The maximum Gasteiger partial charge on any atom is 0.182 e. The fourth-order valence-corrected chi connectivity index (χ4v) is 1.68. The molecule has 2 rings (SSSR count). The first kappa shape index (κ1) is 11.9. The number of benzene rings is 1. The Labute approximate surface area is 105 Å². The molecule has 3 N–H and O–H groups in total. The molecule has 0 aliphatic heterocycles. The summed E-state index contributed by atoms with van der Waals surface area (Å²) in [6.45, 7) is 6.55. The van der Waals surface area contributed by atoms with Crippen molar-refractivity contribution in [1.29, 1.82) is 0 Å². The molecule has 17 heavy (non-hydrogen) atoms. The van der Waals surface area contributed by atoms with Crippen LogP contribution in [0.3, 0.4) is 0 Å². The van der Waals surface area contributed by atoms with Crippen molar-refractivity contribution in [1.82, 2.24) is 15.0 Å². The van der Waals surface area contributed by atoms with Crippen molar-refractivity contribution in [3.63, 3.8) is 0 Å². The number of nitrogens with zero attached hydrogens (tertiary/aromatic N) is 2. The number of hydrogen-bond donors (Lipinski definition) is 2. The van der Waals surface area contributed by atoms with Crippen LogP contribution in [-0.4, -0.2) is 15.0 Å². The summed E-state index contributed by atoms with van der Waals surface area (Å²) in [5.41, 5.74) is 7.95. The fraction of sp³-hybridized carbons (Fsp3) is 0.333. The molecule has 5 heteroatoms. The molecule has 0 atom stereocenters. The van der Waals surface area contributed by atoms with E-state index in [0.29, 0.717) is 10.5 Å². The first-order valence-electron chi connectivity index (χ1n) is 5.43. The van der Waals surface area contributed by atoms with Gasteiger partial charge in [0, 0.05) is 0 Å². The Morgan fingerprint density at radius 2 is 1.82 bits per heavy atom. The van der Waals surface area contributed by atoms with Crippen LogP contribution in [0, 0.1) is 4.64 Å². The fourth-order valence-electron chi connectivity index (χ4n) is 1.56. The van der Waals surface area contributed by atoms with Crippen molar-refractivity contribution in [2.75, 3.05) is 5.73 Å². The molecule has 0 amide bonds. The van der Waals surface area contributed by atoms with E-state index in [-0.39, 0.29) is 5.41 Å². The molecule has 0 radical (unpaired) electrons. The van der Waals surface area contributed by atoms with E-state index >= 15 is 0 Å². The summed E-state index contributed by atoms with van der Waals surface area (Å²) >= 11 is 5.00. The Hall–Kier alpha value is -1.62. The van der Waals surface area contributed by atoms with E-state index in [4.69, 9.17) is 18.0 Å². The van der Waals surface area contributed by atoms with Crippen LogP contribution < -0.4 is 5.73 Å². The highest BCUT2D eigenvalue weighted by Crippen LogP contribution is 2.22. The lowest BCUT2D eigenvalue weighted by atomic mass is 9.87. The number of anilines is 1. The predicted molar refractivity (Wildman–Crippen MR) is 71.9 cm³/mol. The number of nitrogen functional groups attached to an aromatic ring is 1. The molecular formula is C12H16N4S. The van der Waals surface area contributed by atoms with Gasteiger partial charge in [-0.1, -0.05) is 45.1 Å². The van der Waals surface area contributed by atoms with Crippen molar-refractivity contribution >= 4 is 18.0 Å². The summed E-state index contributed by atoms with van der Waals surface area (Å²) in [4.78, 5) is 1.59. The lowest BCUT2D eigenvalue weighted by Crippen LogP contribution is -2.11. The van der Waals surface area contributed by atoms with Crippen LogP contribution in [0.2, 0.25) is 0 Å². The largest absolute Gasteiger partial charge is 0.380 e. The molecule has 0 saturated heterocycles. The normalized spacial score (nSPS) is 11.7. The quantitative estimate of drug-likeness (QED) is 0.763. The summed E-state index contributed by atoms with van der Waals surface area (Å²) < 4.78 is 0.463. The van der Waals surface area contributed by atoms with Crippen LogP contribution in [0.15, 0.2) is 24.3 Å². The summed E-state index contributed by atoms with van der Waals surface area (Å²) in [5.74, 6) is 0.347. The second-order valence-corrected chi connectivity index (χ2v) is 5.44. The molecule has 1 heterocycles. The summed E-state index contributed by atoms with van der Waals surface area (Å²) in [5, 5.41) is 7.02. The van der Waals surface area contributed by atoms with Gasteiger partial charge in [-0.15, -0.1) is 5.10 Å². The van der Waals surface area contributed by atoms with E-state index in [2.05, 4.69) is 43.1 Å². The Balaban J connectivity index is 2.39. The van der Waals surface area contributed by atoms with E-state index in [9.17, 15) is 0 Å². The smallest absolute Gasteiger partial charge is 0.182 e. The molecule has 4 nitrogen and oxygen atoms in total. The van der Waals surface area contributed by atoms with E-state index in [1.54, 1.807) is 4.80 Å². The second-order valence-electron chi connectivity index (χ2n) is 5.03. The Morgan fingerprint density at radius 3 is 2.24 bits per heavy atom. The number of nitrogens with one attached hydrogen (secondary N) is 1. The third kappa shape index (κ3) is 2.39. The lowest BCUT2D eigenvalue weighted by molar-refractivity contribution is 0.589. The van der Waals surface area contributed by atoms with Gasteiger partial charge < -0.3 is 5.73 Å². The SMILES string of the molecule is CC(C)(C)c1ccc(-n2nc(N)c(=S)[nH]2)cc1. The minimum absolute atomic E-state index is 0.147. The van der Waals surface area contributed by atoms with Crippen LogP contribution in [-0.2, 0) is 5.41 Å². The molecule has 0 spiro atoms. The van der Waals surface area contributed by atoms with Crippen molar-refractivity contribution in [3.05, 3.63) is 34.5 Å². The van der Waals surface area contributed by atoms with Crippen molar-refractivity contribution in [2.24, 2.45) is 0 Å². The molecule has 2 aromatic rings. The van der Waals surface area contributed by atoms with Crippen LogP contribution in [0.1, 0.15) is 26.3 Å². The van der Waals surface area contributed by atoms with E-state index in [0.717, 1.165) is 5.69 Å². The highest BCUT2D eigenvalue weighted by Gasteiger charge is 2.13. The third-order valence-electron chi connectivity index (χ3n) is 2.63. The average Bonchev–Trinajstić information content (AvgIpc) is 2.58.